The van der Waals surface area contributed by atoms with Crippen molar-refractivity contribution >= 4 is 29.7 Å². The second-order valence-corrected chi connectivity index (χ2v) is 8.07. The number of rotatable bonds is 7. The van der Waals surface area contributed by atoms with E-state index in [1.165, 1.54) is 0 Å². The van der Waals surface area contributed by atoms with Crippen molar-refractivity contribution in [1.29, 1.82) is 0 Å². The van der Waals surface area contributed by atoms with Crippen LogP contribution in [0.15, 0.2) is 30.6 Å². The summed E-state index contributed by atoms with van der Waals surface area (Å²) in [5.74, 6) is 2.01. The van der Waals surface area contributed by atoms with E-state index in [9.17, 15) is 9.59 Å². The molecule has 176 valence electrons. The van der Waals surface area contributed by atoms with Gasteiger partial charge in [0.15, 0.2) is 0 Å². The lowest BCUT2D eigenvalue weighted by Gasteiger charge is -2.37. The number of pyridine rings is 1. The van der Waals surface area contributed by atoms with Crippen LogP contribution < -0.4 is 20.3 Å². The van der Waals surface area contributed by atoms with Gasteiger partial charge < -0.3 is 19.3 Å². The normalized spacial score (nSPS) is 17.8. The number of hydrogen-bond donors (Lipinski definition) is 2. The smallest absolute Gasteiger partial charge is 0.413 e. The monoisotopic (exact) mass is 455 g/mol. The van der Waals surface area contributed by atoms with Gasteiger partial charge in [-0.2, -0.15) is 4.98 Å². The van der Waals surface area contributed by atoms with Crippen molar-refractivity contribution < 1.29 is 19.1 Å². The van der Waals surface area contributed by atoms with Crippen LogP contribution in [-0.4, -0.2) is 70.9 Å². The molecule has 1 saturated heterocycles. The van der Waals surface area contributed by atoms with Crippen LogP contribution in [0.3, 0.4) is 0 Å². The third-order valence-corrected chi connectivity index (χ3v) is 5.50. The summed E-state index contributed by atoms with van der Waals surface area (Å²) >= 11 is 0. The van der Waals surface area contributed by atoms with Crippen molar-refractivity contribution in [2.75, 3.05) is 42.3 Å². The molecule has 0 radical (unpaired) electrons. The first-order valence-electron chi connectivity index (χ1n) is 11.2. The van der Waals surface area contributed by atoms with Gasteiger partial charge in [-0.05, 0) is 50.8 Å². The first kappa shape index (κ1) is 22.6. The van der Waals surface area contributed by atoms with Gasteiger partial charge in [-0.1, -0.05) is 0 Å². The van der Waals surface area contributed by atoms with Crippen LogP contribution in [-0.2, 0) is 4.74 Å². The Morgan fingerprint density at radius 1 is 1.15 bits per heavy atom. The van der Waals surface area contributed by atoms with E-state index in [2.05, 4.69) is 25.6 Å². The average molecular weight is 456 g/mol. The third kappa shape index (κ3) is 6.21. The zero-order valence-electron chi connectivity index (χ0n) is 18.9. The van der Waals surface area contributed by atoms with Crippen molar-refractivity contribution in [3.8, 4) is 5.75 Å². The van der Waals surface area contributed by atoms with Gasteiger partial charge in [0, 0.05) is 26.3 Å². The Balaban J connectivity index is 1.33. The molecule has 1 aliphatic heterocycles. The molecule has 11 nitrogen and oxygen atoms in total. The molecular weight excluding hydrogens is 426 g/mol. The number of ether oxygens (including phenoxy) is 2. The number of anilines is 3. The highest BCUT2D eigenvalue weighted by Crippen LogP contribution is 2.24. The molecule has 0 unspecified atom stereocenters. The van der Waals surface area contributed by atoms with Crippen molar-refractivity contribution in [2.45, 2.75) is 44.8 Å². The molecule has 2 fully saturated rings. The minimum absolute atomic E-state index is 0.0219. The Morgan fingerprint density at radius 2 is 2.00 bits per heavy atom. The molecule has 1 aliphatic carbocycles. The molecule has 2 aromatic heterocycles. The number of aromatic nitrogens is 3. The highest BCUT2D eigenvalue weighted by Gasteiger charge is 2.28. The van der Waals surface area contributed by atoms with E-state index in [0.29, 0.717) is 36.5 Å². The van der Waals surface area contributed by atoms with E-state index in [0.717, 1.165) is 32.2 Å². The summed E-state index contributed by atoms with van der Waals surface area (Å²) in [5.41, 5.74) is 0. The molecule has 33 heavy (non-hydrogen) atoms. The SMILES string of the molecule is CCOc1ccc(NC(=O)N(C)[C@@H]2CCCN(c3nccc(NC(=O)OC4CC4)n3)C2)nc1. The summed E-state index contributed by atoms with van der Waals surface area (Å²) in [4.78, 5) is 41.4. The minimum atomic E-state index is -0.502. The lowest BCUT2D eigenvalue weighted by Crippen LogP contribution is -2.50. The summed E-state index contributed by atoms with van der Waals surface area (Å²) in [5, 5.41) is 5.48. The molecule has 0 spiro atoms. The van der Waals surface area contributed by atoms with Crippen LogP contribution in [0.4, 0.5) is 27.2 Å². The van der Waals surface area contributed by atoms with E-state index in [1.807, 2.05) is 11.8 Å². The molecule has 3 heterocycles. The first-order valence-corrected chi connectivity index (χ1v) is 11.2. The van der Waals surface area contributed by atoms with Gasteiger partial charge in [-0.25, -0.2) is 19.6 Å². The van der Waals surface area contributed by atoms with E-state index < -0.39 is 6.09 Å². The zero-order chi connectivity index (χ0) is 23.2. The van der Waals surface area contributed by atoms with Crippen molar-refractivity contribution in [3.05, 3.63) is 30.6 Å². The summed E-state index contributed by atoms with van der Waals surface area (Å²) in [6.45, 7) is 3.81. The first-order chi connectivity index (χ1) is 16.0. The Hall–Kier alpha value is -3.63. The number of amides is 3. The van der Waals surface area contributed by atoms with Gasteiger partial charge in [0.05, 0.1) is 18.8 Å². The van der Waals surface area contributed by atoms with Gasteiger partial charge >= 0.3 is 12.1 Å². The van der Waals surface area contributed by atoms with Gasteiger partial charge in [-0.15, -0.1) is 0 Å². The average Bonchev–Trinajstić information content (AvgIpc) is 3.64. The fraction of sp³-hybridized carbons (Fsp3) is 0.500. The summed E-state index contributed by atoms with van der Waals surface area (Å²) in [7, 11) is 1.77. The summed E-state index contributed by atoms with van der Waals surface area (Å²) in [6, 6.07) is 4.85. The van der Waals surface area contributed by atoms with E-state index in [-0.39, 0.29) is 18.2 Å². The Morgan fingerprint density at radius 3 is 2.73 bits per heavy atom. The maximum absolute atomic E-state index is 12.8. The molecule has 2 aromatic rings. The number of hydrogen-bond acceptors (Lipinski definition) is 8. The second-order valence-electron chi connectivity index (χ2n) is 8.07. The predicted molar refractivity (Wildman–Crippen MR) is 123 cm³/mol. The number of carbonyl (C=O) groups excluding carboxylic acids is 2. The molecule has 1 saturated carbocycles. The fourth-order valence-corrected chi connectivity index (χ4v) is 3.56. The molecule has 1 atom stereocenters. The number of nitrogens with one attached hydrogen (secondary N) is 2. The van der Waals surface area contributed by atoms with Crippen molar-refractivity contribution in [2.24, 2.45) is 0 Å². The standard InChI is InChI=1S/C22H29N7O4/c1-3-32-17-8-9-18(24-13-17)26-21(30)28(2)15-5-4-12-29(14-15)20-23-11-10-19(25-20)27-22(31)33-16-6-7-16/h8-11,13,15-16H,3-7,12,14H2,1-2H3,(H,24,26,30)(H,23,25,27,31)/t15-/m1/s1. The lowest BCUT2D eigenvalue weighted by atomic mass is 10.1. The fourth-order valence-electron chi connectivity index (χ4n) is 3.56. The minimum Gasteiger partial charge on any atom is -0.492 e. The predicted octanol–water partition coefficient (Wildman–Crippen LogP) is 3.11. The van der Waals surface area contributed by atoms with Gasteiger partial charge in [0.25, 0.3) is 0 Å². The largest absolute Gasteiger partial charge is 0.492 e. The van der Waals surface area contributed by atoms with Crippen molar-refractivity contribution in [1.82, 2.24) is 19.9 Å². The molecule has 11 heteroatoms. The van der Waals surface area contributed by atoms with E-state index >= 15 is 0 Å². The number of piperidine rings is 1. The maximum Gasteiger partial charge on any atom is 0.413 e. The number of likely N-dealkylation sites (N-methyl/N-ethyl adjacent to an activating group) is 1. The Kier molecular flexibility index (Phi) is 7.06. The van der Waals surface area contributed by atoms with Crippen LogP contribution in [0.2, 0.25) is 0 Å². The Labute approximate surface area is 192 Å². The highest BCUT2D eigenvalue weighted by atomic mass is 16.6. The van der Waals surface area contributed by atoms with Gasteiger partial charge in [-0.3, -0.25) is 10.6 Å². The number of carbonyl (C=O) groups is 2. The summed E-state index contributed by atoms with van der Waals surface area (Å²) < 4.78 is 10.6. The third-order valence-electron chi connectivity index (χ3n) is 5.50. The van der Waals surface area contributed by atoms with Crippen LogP contribution in [0.25, 0.3) is 0 Å². The molecule has 3 amide bonds. The van der Waals surface area contributed by atoms with Gasteiger partial charge in [0.1, 0.15) is 23.5 Å². The lowest BCUT2D eigenvalue weighted by molar-refractivity contribution is 0.154. The number of nitrogens with zero attached hydrogens (tertiary/aromatic N) is 5. The van der Waals surface area contributed by atoms with Crippen LogP contribution in [0.5, 0.6) is 5.75 Å². The zero-order valence-corrected chi connectivity index (χ0v) is 18.9. The second kappa shape index (κ2) is 10.3. The van der Waals surface area contributed by atoms with Crippen molar-refractivity contribution in [3.63, 3.8) is 0 Å². The topological polar surface area (TPSA) is 122 Å². The molecule has 0 aromatic carbocycles. The summed E-state index contributed by atoms with van der Waals surface area (Å²) in [6.07, 6.45) is 6.27. The maximum atomic E-state index is 12.8. The van der Waals surface area contributed by atoms with E-state index in [1.54, 1.807) is 42.5 Å². The van der Waals surface area contributed by atoms with Crippen LogP contribution in [0.1, 0.15) is 32.6 Å². The van der Waals surface area contributed by atoms with Gasteiger partial charge in [0.2, 0.25) is 5.95 Å². The van der Waals surface area contributed by atoms with Crippen LogP contribution in [0, 0.1) is 0 Å². The van der Waals surface area contributed by atoms with Crippen LogP contribution >= 0.6 is 0 Å². The molecule has 4 rings (SSSR count). The molecule has 2 N–H and O–H groups in total. The number of urea groups is 1. The quantitative estimate of drug-likeness (QED) is 0.653. The van der Waals surface area contributed by atoms with E-state index in [4.69, 9.17) is 9.47 Å². The highest BCUT2D eigenvalue weighted by molar-refractivity contribution is 5.88. The molecule has 0 bridgehead atoms. The Bertz CT molecular complexity index is 967. The molecule has 2 aliphatic rings. The molecular formula is C22H29N7O4.